The van der Waals surface area contributed by atoms with E-state index in [-0.39, 0.29) is 11.9 Å². The standard InChI is InChI=1S/C18H23NO3S/c1-12(13-7-9-16(10-8-13)23(2,21)22)19-18(20)11-17(14-3-4-14)15-5-6-15/h7-12,14-15H,3-6H2,1-2H3,(H,19,20). The monoisotopic (exact) mass is 333 g/mol. The first-order valence-corrected chi connectivity index (χ1v) is 10.1. The normalized spacial score (nSPS) is 19.0. The van der Waals surface area contributed by atoms with Gasteiger partial charge in [-0.05, 0) is 62.1 Å². The third-order valence-corrected chi connectivity index (χ3v) is 5.69. The SMILES string of the molecule is CC(NC(=O)C=C(C1CC1)C1CC1)c1ccc(S(C)(=O)=O)cc1. The molecule has 0 aromatic heterocycles. The molecule has 3 rings (SSSR count). The van der Waals surface area contributed by atoms with E-state index in [1.807, 2.05) is 6.92 Å². The van der Waals surface area contributed by atoms with Gasteiger partial charge in [0.15, 0.2) is 9.84 Å². The van der Waals surface area contributed by atoms with E-state index >= 15 is 0 Å². The first-order valence-electron chi connectivity index (χ1n) is 8.16. The molecule has 0 heterocycles. The Balaban J connectivity index is 1.65. The van der Waals surface area contributed by atoms with Crippen LogP contribution >= 0.6 is 0 Å². The lowest BCUT2D eigenvalue weighted by atomic mass is 10.0. The van der Waals surface area contributed by atoms with Gasteiger partial charge in [0.2, 0.25) is 5.91 Å². The van der Waals surface area contributed by atoms with Gasteiger partial charge in [-0.15, -0.1) is 0 Å². The number of hydrogen-bond acceptors (Lipinski definition) is 3. The summed E-state index contributed by atoms with van der Waals surface area (Å²) in [7, 11) is -3.19. The van der Waals surface area contributed by atoms with E-state index in [2.05, 4.69) is 5.32 Å². The maximum atomic E-state index is 12.2. The van der Waals surface area contributed by atoms with E-state index < -0.39 is 9.84 Å². The molecule has 0 bridgehead atoms. The number of allylic oxidation sites excluding steroid dienone is 1. The van der Waals surface area contributed by atoms with Crippen molar-refractivity contribution in [3.63, 3.8) is 0 Å². The fourth-order valence-electron chi connectivity index (χ4n) is 2.90. The van der Waals surface area contributed by atoms with Crippen molar-refractivity contribution in [1.82, 2.24) is 5.32 Å². The highest BCUT2D eigenvalue weighted by atomic mass is 32.2. The van der Waals surface area contributed by atoms with Gasteiger partial charge in [0.1, 0.15) is 0 Å². The summed E-state index contributed by atoms with van der Waals surface area (Å²) in [6.07, 6.45) is 7.87. The van der Waals surface area contributed by atoms with Crippen LogP contribution in [0, 0.1) is 11.8 Å². The lowest BCUT2D eigenvalue weighted by molar-refractivity contribution is -0.117. The molecule has 1 amide bonds. The number of benzene rings is 1. The second-order valence-electron chi connectivity index (χ2n) is 6.76. The largest absolute Gasteiger partial charge is 0.346 e. The van der Waals surface area contributed by atoms with Crippen LogP contribution in [0.3, 0.4) is 0 Å². The van der Waals surface area contributed by atoms with E-state index in [0.717, 1.165) is 5.56 Å². The zero-order chi connectivity index (χ0) is 16.6. The minimum atomic E-state index is -3.19. The van der Waals surface area contributed by atoms with Crippen LogP contribution in [0.5, 0.6) is 0 Å². The van der Waals surface area contributed by atoms with Crippen molar-refractivity contribution in [1.29, 1.82) is 0 Å². The summed E-state index contributed by atoms with van der Waals surface area (Å²) in [6, 6.07) is 6.54. The molecule has 1 unspecified atom stereocenters. The third kappa shape index (κ3) is 4.22. The Kier molecular flexibility index (Phi) is 4.32. The van der Waals surface area contributed by atoms with Crippen molar-refractivity contribution in [3.8, 4) is 0 Å². The molecule has 0 spiro atoms. The molecule has 1 N–H and O–H groups in total. The van der Waals surface area contributed by atoms with Gasteiger partial charge in [0.05, 0.1) is 10.9 Å². The number of nitrogens with one attached hydrogen (secondary N) is 1. The quantitative estimate of drug-likeness (QED) is 0.814. The van der Waals surface area contributed by atoms with E-state index in [4.69, 9.17) is 0 Å². The van der Waals surface area contributed by atoms with Gasteiger partial charge in [-0.2, -0.15) is 0 Å². The Labute approximate surface area is 137 Å². The number of rotatable bonds is 6. The Morgan fingerprint density at radius 3 is 2.09 bits per heavy atom. The van der Waals surface area contributed by atoms with Crippen LogP contribution in [0.2, 0.25) is 0 Å². The summed E-state index contributed by atoms with van der Waals surface area (Å²) < 4.78 is 23.0. The molecule has 4 nitrogen and oxygen atoms in total. The smallest absolute Gasteiger partial charge is 0.244 e. The maximum Gasteiger partial charge on any atom is 0.244 e. The number of amides is 1. The van der Waals surface area contributed by atoms with Crippen molar-refractivity contribution in [3.05, 3.63) is 41.5 Å². The van der Waals surface area contributed by atoms with Crippen LogP contribution in [-0.4, -0.2) is 20.6 Å². The Hall–Kier alpha value is -1.62. The van der Waals surface area contributed by atoms with Gasteiger partial charge < -0.3 is 5.32 Å². The van der Waals surface area contributed by atoms with E-state index in [9.17, 15) is 13.2 Å². The molecule has 0 radical (unpaired) electrons. The molecule has 2 saturated carbocycles. The predicted octanol–water partition coefficient (Wildman–Crippen LogP) is 3.01. The minimum absolute atomic E-state index is 0.0431. The first kappa shape index (κ1) is 16.2. The summed E-state index contributed by atoms with van der Waals surface area (Å²) in [4.78, 5) is 12.5. The predicted molar refractivity (Wildman–Crippen MR) is 89.6 cm³/mol. The third-order valence-electron chi connectivity index (χ3n) is 4.56. The molecule has 2 aliphatic rings. The van der Waals surface area contributed by atoms with Gasteiger partial charge in [-0.3, -0.25) is 4.79 Å². The van der Waals surface area contributed by atoms with Gasteiger partial charge in [-0.1, -0.05) is 17.7 Å². The van der Waals surface area contributed by atoms with E-state index in [0.29, 0.717) is 16.7 Å². The maximum absolute atomic E-state index is 12.2. The van der Waals surface area contributed by atoms with Crippen molar-refractivity contribution in [2.75, 3.05) is 6.26 Å². The van der Waals surface area contributed by atoms with Crippen molar-refractivity contribution in [2.45, 2.75) is 43.5 Å². The average molecular weight is 333 g/mol. The lowest BCUT2D eigenvalue weighted by Gasteiger charge is -2.14. The summed E-state index contributed by atoms with van der Waals surface area (Å²) in [5.41, 5.74) is 2.24. The fourth-order valence-corrected chi connectivity index (χ4v) is 3.53. The Morgan fingerprint density at radius 1 is 1.13 bits per heavy atom. The molecule has 1 atom stereocenters. The minimum Gasteiger partial charge on any atom is -0.346 e. The highest BCUT2D eigenvalue weighted by Crippen LogP contribution is 2.48. The molecule has 0 aliphatic heterocycles. The van der Waals surface area contributed by atoms with E-state index in [1.165, 1.54) is 37.5 Å². The molecule has 2 fully saturated rings. The molecule has 5 heteroatoms. The second-order valence-corrected chi connectivity index (χ2v) is 8.78. The first-order chi connectivity index (χ1) is 10.8. The number of hydrogen-bond donors (Lipinski definition) is 1. The van der Waals surface area contributed by atoms with Gasteiger partial charge in [0.25, 0.3) is 0 Å². The molecule has 1 aromatic carbocycles. The molecule has 23 heavy (non-hydrogen) atoms. The Bertz CT molecular complexity index is 712. The van der Waals surface area contributed by atoms with Gasteiger partial charge in [-0.25, -0.2) is 8.42 Å². The highest BCUT2D eigenvalue weighted by molar-refractivity contribution is 7.90. The van der Waals surface area contributed by atoms with Crippen LogP contribution in [0.15, 0.2) is 40.8 Å². The van der Waals surface area contributed by atoms with Crippen LogP contribution in [-0.2, 0) is 14.6 Å². The fraction of sp³-hybridized carbons (Fsp3) is 0.500. The van der Waals surface area contributed by atoms with Crippen LogP contribution < -0.4 is 5.32 Å². The number of carbonyl (C=O) groups is 1. The topological polar surface area (TPSA) is 63.2 Å². The summed E-state index contributed by atoms with van der Waals surface area (Å²) in [5, 5.41) is 2.99. The molecular formula is C18H23NO3S. The molecule has 2 aliphatic carbocycles. The molecule has 0 saturated heterocycles. The van der Waals surface area contributed by atoms with E-state index in [1.54, 1.807) is 30.3 Å². The average Bonchev–Trinajstić information content (AvgIpc) is 3.37. The van der Waals surface area contributed by atoms with Gasteiger partial charge in [0, 0.05) is 12.3 Å². The van der Waals surface area contributed by atoms with Crippen molar-refractivity contribution < 1.29 is 13.2 Å². The number of carbonyl (C=O) groups excluding carboxylic acids is 1. The molecule has 124 valence electrons. The second kappa shape index (κ2) is 6.11. The van der Waals surface area contributed by atoms with Crippen LogP contribution in [0.1, 0.15) is 44.2 Å². The van der Waals surface area contributed by atoms with Crippen molar-refractivity contribution in [2.24, 2.45) is 11.8 Å². The summed E-state index contributed by atoms with van der Waals surface area (Å²) >= 11 is 0. The van der Waals surface area contributed by atoms with Gasteiger partial charge >= 0.3 is 0 Å². The zero-order valence-electron chi connectivity index (χ0n) is 13.6. The summed E-state index contributed by atoms with van der Waals surface area (Å²) in [5.74, 6) is 1.23. The van der Waals surface area contributed by atoms with Crippen molar-refractivity contribution >= 4 is 15.7 Å². The molecular weight excluding hydrogens is 310 g/mol. The summed E-state index contributed by atoms with van der Waals surface area (Å²) in [6.45, 7) is 1.91. The zero-order valence-corrected chi connectivity index (χ0v) is 14.4. The molecule has 1 aromatic rings. The van der Waals surface area contributed by atoms with Crippen LogP contribution in [0.4, 0.5) is 0 Å². The lowest BCUT2D eigenvalue weighted by Crippen LogP contribution is -2.25. The number of sulfone groups is 1. The Morgan fingerprint density at radius 2 is 1.65 bits per heavy atom. The highest BCUT2D eigenvalue weighted by Gasteiger charge is 2.36. The van der Waals surface area contributed by atoms with Crippen LogP contribution in [0.25, 0.3) is 0 Å².